The molecule has 2 rings (SSSR count). The second kappa shape index (κ2) is 9.23. The monoisotopic (exact) mass is 299 g/mol. The van der Waals surface area contributed by atoms with Gasteiger partial charge in [0.15, 0.2) is 0 Å². The summed E-state index contributed by atoms with van der Waals surface area (Å²) in [5.74, 6) is 0.909. The van der Waals surface area contributed by atoms with Gasteiger partial charge in [0, 0.05) is 19.6 Å². The van der Waals surface area contributed by atoms with E-state index in [1.807, 2.05) is 24.3 Å². The van der Waals surface area contributed by atoms with E-state index < -0.39 is 0 Å². The quantitative estimate of drug-likeness (QED) is 0.773. The maximum absolute atomic E-state index is 9.20. The van der Waals surface area contributed by atoms with Gasteiger partial charge in [0.2, 0.25) is 0 Å². The molecular weight excluding hydrogens is 274 g/mol. The molecule has 0 heterocycles. The fourth-order valence-corrected chi connectivity index (χ4v) is 2.41. The van der Waals surface area contributed by atoms with E-state index in [0.717, 1.165) is 25.3 Å². The number of benzene rings is 2. The van der Waals surface area contributed by atoms with E-state index in [4.69, 9.17) is 4.74 Å². The second-order valence-corrected chi connectivity index (χ2v) is 5.47. The first-order chi connectivity index (χ1) is 10.8. The lowest BCUT2D eigenvalue weighted by molar-refractivity contribution is 0.169. The first-order valence-electron chi connectivity index (χ1n) is 7.84. The third-order valence-electron chi connectivity index (χ3n) is 3.64. The molecule has 0 saturated carbocycles. The van der Waals surface area contributed by atoms with Gasteiger partial charge in [0.25, 0.3) is 0 Å². The molecule has 2 aromatic carbocycles. The van der Waals surface area contributed by atoms with Gasteiger partial charge >= 0.3 is 0 Å². The molecule has 0 aromatic heterocycles. The summed E-state index contributed by atoms with van der Waals surface area (Å²) in [4.78, 5) is 2.24. The van der Waals surface area contributed by atoms with E-state index in [1.54, 1.807) is 0 Å². The van der Waals surface area contributed by atoms with Crippen LogP contribution in [-0.2, 0) is 6.42 Å². The maximum Gasteiger partial charge on any atom is 0.119 e. The Bertz CT molecular complexity index is 542. The number of rotatable bonds is 9. The predicted octanol–water partition coefficient (Wildman–Crippen LogP) is 2.91. The average Bonchev–Trinajstić information content (AvgIpc) is 2.54. The summed E-state index contributed by atoms with van der Waals surface area (Å²) in [6.45, 7) is 5.31. The van der Waals surface area contributed by atoms with Crippen LogP contribution in [0, 0.1) is 6.92 Å². The molecule has 0 saturated heterocycles. The van der Waals surface area contributed by atoms with E-state index in [2.05, 4.69) is 42.2 Å². The van der Waals surface area contributed by atoms with Crippen LogP contribution in [0.3, 0.4) is 0 Å². The van der Waals surface area contributed by atoms with Crippen LogP contribution >= 0.6 is 0 Å². The molecule has 1 N–H and O–H groups in total. The summed E-state index contributed by atoms with van der Waals surface area (Å²) >= 11 is 0. The van der Waals surface area contributed by atoms with E-state index in [-0.39, 0.29) is 6.61 Å². The zero-order chi connectivity index (χ0) is 15.6. The van der Waals surface area contributed by atoms with Crippen molar-refractivity contribution in [3.63, 3.8) is 0 Å². The Labute approximate surface area is 133 Å². The summed E-state index contributed by atoms with van der Waals surface area (Å²) in [7, 11) is 0. The smallest absolute Gasteiger partial charge is 0.119 e. The summed E-state index contributed by atoms with van der Waals surface area (Å²) < 4.78 is 5.79. The van der Waals surface area contributed by atoms with Crippen LogP contribution in [0.25, 0.3) is 0 Å². The van der Waals surface area contributed by atoms with Crippen molar-refractivity contribution >= 4 is 0 Å². The Hall–Kier alpha value is -1.84. The number of nitrogens with zero attached hydrogens (tertiary/aromatic N) is 1. The molecule has 0 spiro atoms. The molecule has 0 aliphatic carbocycles. The largest absolute Gasteiger partial charge is 0.492 e. The normalized spacial score (nSPS) is 10.9. The molecule has 0 amide bonds. The Morgan fingerprint density at radius 3 is 2.50 bits per heavy atom. The van der Waals surface area contributed by atoms with Crippen LogP contribution in [-0.4, -0.2) is 42.9 Å². The number of aryl methyl sites for hydroxylation is 1. The van der Waals surface area contributed by atoms with E-state index in [0.29, 0.717) is 13.2 Å². The first-order valence-corrected chi connectivity index (χ1v) is 7.84. The number of hydrogen-bond donors (Lipinski definition) is 1. The van der Waals surface area contributed by atoms with Crippen molar-refractivity contribution in [2.45, 2.75) is 13.3 Å². The third kappa shape index (κ3) is 5.88. The van der Waals surface area contributed by atoms with Gasteiger partial charge in [-0.25, -0.2) is 0 Å². The molecule has 0 radical (unpaired) electrons. The lowest BCUT2D eigenvalue weighted by Crippen LogP contribution is -2.33. The molecule has 0 bridgehead atoms. The zero-order valence-electron chi connectivity index (χ0n) is 13.2. The molecule has 0 atom stereocenters. The van der Waals surface area contributed by atoms with Gasteiger partial charge in [-0.05, 0) is 36.6 Å². The average molecular weight is 299 g/mol. The summed E-state index contributed by atoms with van der Waals surface area (Å²) in [5, 5.41) is 9.20. The van der Waals surface area contributed by atoms with Crippen LogP contribution in [0.2, 0.25) is 0 Å². The fraction of sp³-hybridized carbons (Fsp3) is 0.368. The van der Waals surface area contributed by atoms with Crippen molar-refractivity contribution in [2.24, 2.45) is 0 Å². The minimum absolute atomic E-state index is 0.180. The van der Waals surface area contributed by atoms with Crippen molar-refractivity contribution in [2.75, 3.05) is 32.8 Å². The fourth-order valence-electron chi connectivity index (χ4n) is 2.41. The maximum atomic E-state index is 9.20. The highest BCUT2D eigenvalue weighted by Gasteiger charge is 2.05. The predicted molar refractivity (Wildman–Crippen MR) is 90.3 cm³/mol. The van der Waals surface area contributed by atoms with E-state index in [1.165, 1.54) is 11.1 Å². The SMILES string of the molecule is Cc1cccc(OCCN(CCO)CCc2ccccc2)c1. The molecule has 3 heteroatoms. The highest BCUT2D eigenvalue weighted by Crippen LogP contribution is 2.12. The van der Waals surface area contributed by atoms with Gasteiger partial charge in [0.05, 0.1) is 6.61 Å². The zero-order valence-corrected chi connectivity index (χ0v) is 13.2. The number of hydrogen-bond acceptors (Lipinski definition) is 3. The molecule has 3 nitrogen and oxygen atoms in total. The van der Waals surface area contributed by atoms with E-state index >= 15 is 0 Å². The van der Waals surface area contributed by atoms with Crippen molar-refractivity contribution in [1.29, 1.82) is 0 Å². The standard InChI is InChI=1S/C19H25NO2/c1-17-6-5-9-19(16-17)22-15-13-20(12-14-21)11-10-18-7-3-2-4-8-18/h2-9,16,21H,10-15H2,1H3. The third-order valence-corrected chi connectivity index (χ3v) is 3.64. The second-order valence-electron chi connectivity index (χ2n) is 5.47. The van der Waals surface area contributed by atoms with Crippen LogP contribution in [0.1, 0.15) is 11.1 Å². The highest BCUT2D eigenvalue weighted by atomic mass is 16.5. The topological polar surface area (TPSA) is 32.7 Å². The van der Waals surface area contributed by atoms with Crippen LogP contribution in [0.15, 0.2) is 54.6 Å². The van der Waals surface area contributed by atoms with Crippen LogP contribution < -0.4 is 4.74 Å². The van der Waals surface area contributed by atoms with Crippen molar-refractivity contribution in [3.8, 4) is 5.75 Å². The van der Waals surface area contributed by atoms with Gasteiger partial charge in [-0.15, -0.1) is 0 Å². The van der Waals surface area contributed by atoms with Crippen molar-refractivity contribution < 1.29 is 9.84 Å². The molecule has 2 aromatic rings. The highest BCUT2D eigenvalue weighted by molar-refractivity contribution is 5.27. The minimum Gasteiger partial charge on any atom is -0.492 e. The molecule has 0 fully saturated rings. The number of aliphatic hydroxyl groups is 1. The number of aliphatic hydroxyl groups excluding tert-OH is 1. The Morgan fingerprint density at radius 2 is 1.77 bits per heavy atom. The molecule has 118 valence electrons. The van der Waals surface area contributed by atoms with Crippen LogP contribution in [0.5, 0.6) is 5.75 Å². The molecule has 0 aliphatic rings. The Morgan fingerprint density at radius 1 is 0.955 bits per heavy atom. The minimum atomic E-state index is 0.180. The van der Waals surface area contributed by atoms with Crippen LogP contribution in [0.4, 0.5) is 0 Å². The molecular formula is C19H25NO2. The molecule has 0 aliphatic heterocycles. The van der Waals surface area contributed by atoms with Crippen molar-refractivity contribution in [3.05, 3.63) is 65.7 Å². The van der Waals surface area contributed by atoms with Gasteiger partial charge in [-0.3, -0.25) is 4.90 Å². The first kappa shape index (κ1) is 16.5. The van der Waals surface area contributed by atoms with Gasteiger partial charge in [0.1, 0.15) is 12.4 Å². The van der Waals surface area contributed by atoms with E-state index in [9.17, 15) is 5.11 Å². The molecule has 22 heavy (non-hydrogen) atoms. The van der Waals surface area contributed by atoms with Gasteiger partial charge in [-0.1, -0.05) is 42.5 Å². The Balaban J connectivity index is 1.76. The van der Waals surface area contributed by atoms with Crippen molar-refractivity contribution in [1.82, 2.24) is 4.90 Å². The number of ether oxygens (including phenoxy) is 1. The lowest BCUT2D eigenvalue weighted by Gasteiger charge is -2.21. The summed E-state index contributed by atoms with van der Waals surface area (Å²) in [5.41, 5.74) is 2.53. The summed E-state index contributed by atoms with van der Waals surface area (Å²) in [6, 6.07) is 18.5. The lowest BCUT2D eigenvalue weighted by atomic mass is 10.1. The Kier molecular flexibility index (Phi) is 6.94. The molecule has 0 unspecified atom stereocenters. The van der Waals surface area contributed by atoms with Gasteiger partial charge < -0.3 is 9.84 Å². The van der Waals surface area contributed by atoms with Gasteiger partial charge in [-0.2, -0.15) is 0 Å². The summed E-state index contributed by atoms with van der Waals surface area (Å²) in [6.07, 6.45) is 0.991.